The van der Waals surface area contributed by atoms with Crippen molar-refractivity contribution in [1.82, 2.24) is 4.90 Å². The van der Waals surface area contributed by atoms with E-state index in [1.807, 2.05) is 0 Å². The summed E-state index contributed by atoms with van der Waals surface area (Å²) in [5, 5.41) is 0. The van der Waals surface area contributed by atoms with Crippen LogP contribution in [0.2, 0.25) is 0 Å². The predicted molar refractivity (Wildman–Crippen MR) is 127 cm³/mol. The summed E-state index contributed by atoms with van der Waals surface area (Å²) >= 11 is 0. The summed E-state index contributed by atoms with van der Waals surface area (Å²) in [6, 6.07) is 13.2. The zero-order chi connectivity index (χ0) is 21.2. The van der Waals surface area contributed by atoms with Crippen LogP contribution in [-0.2, 0) is 13.0 Å². The molecule has 0 N–H and O–H groups in total. The molecule has 0 unspecified atom stereocenters. The van der Waals surface area contributed by atoms with Crippen LogP contribution in [0.4, 0.5) is 0 Å². The third kappa shape index (κ3) is 6.01. The highest BCUT2D eigenvalue weighted by molar-refractivity contribution is 5.75. The molecule has 0 aliphatic carbocycles. The number of ether oxygens (including phenoxy) is 2. The number of hydrogen-bond acceptors (Lipinski definition) is 3. The van der Waals surface area contributed by atoms with Gasteiger partial charge in [-0.3, -0.25) is 4.90 Å². The maximum Gasteiger partial charge on any atom is 0.130 e. The van der Waals surface area contributed by atoms with E-state index in [2.05, 4.69) is 62.1 Å². The van der Waals surface area contributed by atoms with Gasteiger partial charge in [-0.2, -0.15) is 0 Å². The second-order valence-electron chi connectivity index (χ2n) is 8.33. The van der Waals surface area contributed by atoms with Crippen LogP contribution < -0.4 is 9.47 Å². The molecule has 1 aliphatic rings. The first-order valence-electron chi connectivity index (χ1n) is 12.0. The molecule has 1 aliphatic heterocycles. The summed E-state index contributed by atoms with van der Waals surface area (Å²) in [6.07, 6.45) is 8.15. The van der Waals surface area contributed by atoms with Crippen molar-refractivity contribution in [2.75, 3.05) is 26.3 Å². The average molecular weight is 410 g/mol. The highest BCUT2D eigenvalue weighted by Crippen LogP contribution is 2.38. The zero-order valence-electron chi connectivity index (χ0n) is 19.2. The van der Waals surface area contributed by atoms with Crippen molar-refractivity contribution in [1.29, 1.82) is 0 Å². The van der Waals surface area contributed by atoms with E-state index < -0.39 is 0 Å². The van der Waals surface area contributed by atoms with E-state index in [4.69, 9.17) is 9.47 Å². The molecule has 0 bridgehead atoms. The van der Waals surface area contributed by atoms with E-state index >= 15 is 0 Å². The lowest BCUT2D eigenvalue weighted by molar-refractivity contribution is 0.268. The zero-order valence-corrected chi connectivity index (χ0v) is 19.2. The number of hydrogen-bond donors (Lipinski definition) is 0. The molecule has 3 heteroatoms. The van der Waals surface area contributed by atoms with Gasteiger partial charge >= 0.3 is 0 Å². The minimum atomic E-state index is 0.760. The average Bonchev–Trinajstić information content (AvgIpc) is 2.79. The van der Waals surface area contributed by atoms with Gasteiger partial charge in [0.25, 0.3) is 0 Å². The molecule has 0 atom stereocenters. The fraction of sp³-hybridized carbons (Fsp3) is 0.556. The van der Waals surface area contributed by atoms with Gasteiger partial charge in [-0.15, -0.1) is 0 Å². The van der Waals surface area contributed by atoms with Crippen LogP contribution in [0.3, 0.4) is 0 Å². The highest BCUT2D eigenvalue weighted by atomic mass is 16.5. The van der Waals surface area contributed by atoms with E-state index in [1.54, 1.807) is 0 Å². The summed E-state index contributed by atoms with van der Waals surface area (Å²) in [5.41, 5.74) is 5.45. The van der Waals surface area contributed by atoms with Crippen LogP contribution in [0, 0.1) is 0 Å². The molecule has 0 aromatic heterocycles. The molecule has 3 nitrogen and oxygen atoms in total. The summed E-state index contributed by atoms with van der Waals surface area (Å²) in [5.74, 6) is 1.88. The van der Waals surface area contributed by atoms with Crippen molar-refractivity contribution in [3.63, 3.8) is 0 Å². The van der Waals surface area contributed by atoms with Gasteiger partial charge in [0.1, 0.15) is 11.5 Å². The minimum Gasteiger partial charge on any atom is -0.493 e. The van der Waals surface area contributed by atoms with E-state index in [0.29, 0.717) is 0 Å². The second-order valence-corrected chi connectivity index (χ2v) is 8.33. The molecule has 0 saturated carbocycles. The summed E-state index contributed by atoms with van der Waals surface area (Å²) < 4.78 is 12.3. The largest absolute Gasteiger partial charge is 0.493 e. The van der Waals surface area contributed by atoms with E-state index in [9.17, 15) is 0 Å². The molecule has 2 aromatic rings. The highest BCUT2D eigenvalue weighted by Gasteiger charge is 2.20. The molecule has 0 spiro atoms. The van der Waals surface area contributed by atoms with Gasteiger partial charge in [0.15, 0.2) is 0 Å². The maximum atomic E-state index is 6.31. The van der Waals surface area contributed by atoms with Gasteiger partial charge in [-0.25, -0.2) is 0 Å². The fourth-order valence-electron chi connectivity index (χ4n) is 4.17. The van der Waals surface area contributed by atoms with E-state index in [0.717, 1.165) is 63.6 Å². The third-order valence-electron chi connectivity index (χ3n) is 6.06. The van der Waals surface area contributed by atoms with Crippen molar-refractivity contribution in [2.24, 2.45) is 0 Å². The number of benzene rings is 2. The lowest BCUT2D eigenvalue weighted by Crippen LogP contribution is -2.30. The van der Waals surface area contributed by atoms with Crippen LogP contribution in [0.1, 0.15) is 70.4 Å². The Morgan fingerprint density at radius 2 is 1.60 bits per heavy atom. The first-order chi connectivity index (χ1) is 14.8. The molecular weight excluding hydrogens is 370 g/mol. The van der Waals surface area contributed by atoms with E-state index in [-0.39, 0.29) is 0 Å². The molecular formula is C27H39NO2. The van der Waals surface area contributed by atoms with Crippen molar-refractivity contribution in [2.45, 2.75) is 72.3 Å². The first-order valence-corrected chi connectivity index (χ1v) is 12.0. The second kappa shape index (κ2) is 12.0. The van der Waals surface area contributed by atoms with Gasteiger partial charge in [0, 0.05) is 24.7 Å². The topological polar surface area (TPSA) is 21.7 Å². The molecule has 2 aromatic carbocycles. The Hall–Kier alpha value is -2.00. The van der Waals surface area contributed by atoms with Crippen LogP contribution in [0.15, 0.2) is 36.4 Å². The first kappa shape index (κ1) is 22.7. The molecule has 0 saturated heterocycles. The number of rotatable bonds is 12. The van der Waals surface area contributed by atoms with Gasteiger partial charge in [-0.1, -0.05) is 64.7 Å². The Bertz CT molecular complexity index is 786. The van der Waals surface area contributed by atoms with Crippen LogP contribution in [0.5, 0.6) is 11.5 Å². The Kier molecular flexibility index (Phi) is 9.07. The Labute approximate surface area is 183 Å². The lowest BCUT2D eigenvalue weighted by Gasteiger charge is -2.29. The SMILES string of the molecule is CCCCCOc1ccc(-c2cccc3c2CN(CC)CC3)c(OCCCCC)c1. The normalized spacial score (nSPS) is 13.8. The van der Waals surface area contributed by atoms with Gasteiger partial charge in [0.2, 0.25) is 0 Å². The third-order valence-corrected chi connectivity index (χ3v) is 6.06. The smallest absolute Gasteiger partial charge is 0.130 e. The van der Waals surface area contributed by atoms with E-state index in [1.165, 1.54) is 47.9 Å². The molecule has 164 valence electrons. The molecule has 0 fully saturated rings. The van der Waals surface area contributed by atoms with Gasteiger partial charge in [0.05, 0.1) is 13.2 Å². The fourth-order valence-corrected chi connectivity index (χ4v) is 4.17. The number of nitrogens with zero attached hydrogens (tertiary/aromatic N) is 1. The molecule has 0 radical (unpaired) electrons. The summed E-state index contributed by atoms with van der Waals surface area (Å²) in [7, 11) is 0. The number of unbranched alkanes of at least 4 members (excludes halogenated alkanes) is 4. The Morgan fingerprint density at radius 3 is 2.33 bits per heavy atom. The van der Waals surface area contributed by atoms with Gasteiger partial charge < -0.3 is 9.47 Å². The van der Waals surface area contributed by atoms with Crippen LogP contribution in [0.25, 0.3) is 11.1 Å². The van der Waals surface area contributed by atoms with Crippen molar-refractivity contribution in [3.8, 4) is 22.6 Å². The molecule has 30 heavy (non-hydrogen) atoms. The Morgan fingerprint density at radius 1 is 0.833 bits per heavy atom. The summed E-state index contributed by atoms with van der Waals surface area (Å²) in [6.45, 7) is 11.5. The summed E-state index contributed by atoms with van der Waals surface area (Å²) in [4.78, 5) is 2.53. The minimum absolute atomic E-state index is 0.760. The van der Waals surface area contributed by atoms with Crippen molar-refractivity contribution in [3.05, 3.63) is 47.5 Å². The molecule has 1 heterocycles. The Balaban J connectivity index is 1.87. The monoisotopic (exact) mass is 409 g/mol. The molecule has 3 rings (SSSR count). The quantitative estimate of drug-likeness (QED) is 0.357. The maximum absolute atomic E-state index is 6.31. The lowest BCUT2D eigenvalue weighted by atomic mass is 9.90. The number of likely N-dealkylation sites (N-methyl/N-ethyl adjacent to an activating group) is 1. The van der Waals surface area contributed by atoms with Crippen molar-refractivity contribution < 1.29 is 9.47 Å². The van der Waals surface area contributed by atoms with Crippen LogP contribution in [-0.4, -0.2) is 31.2 Å². The number of fused-ring (bicyclic) bond motifs is 1. The standard InChI is InChI=1S/C27H39NO2/c1-4-7-9-18-29-23-14-15-25(27(20-23)30-19-10-8-5-2)24-13-11-12-22-16-17-28(6-3)21-26(22)24/h11-15,20H,4-10,16-19,21H2,1-3H3. The predicted octanol–water partition coefficient (Wildman–Crippen LogP) is 6.87. The van der Waals surface area contributed by atoms with Gasteiger partial charge in [-0.05, 0) is 54.6 Å². The molecule has 0 amide bonds. The van der Waals surface area contributed by atoms with Crippen LogP contribution >= 0.6 is 0 Å². The van der Waals surface area contributed by atoms with Crippen molar-refractivity contribution >= 4 is 0 Å².